The molecular weight excluding hydrogens is 412 g/mol. The summed E-state index contributed by atoms with van der Waals surface area (Å²) in [6, 6.07) is 20.0. The molecule has 4 heteroatoms. The van der Waals surface area contributed by atoms with E-state index < -0.39 is 8.32 Å². The van der Waals surface area contributed by atoms with E-state index in [0.29, 0.717) is 12.2 Å². The van der Waals surface area contributed by atoms with Crippen LogP contribution in [0.1, 0.15) is 47.8 Å². The van der Waals surface area contributed by atoms with E-state index in [1.165, 1.54) is 22.3 Å². The molecule has 3 nitrogen and oxygen atoms in total. The van der Waals surface area contributed by atoms with E-state index in [4.69, 9.17) is 9.16 Å². The first-order valence-corrected chi connectivity index (χ1v) is 14.0. The Balaban J connectivity index is 1.87. The van der Waals surface area contributed by atoms with Crippen molar-refractivity contribution < 1.29 is 14.0 Å². The number of rotatable bonds is 7. The maximum Gasteiger partial charge on any atom is 0.250 e. The van der Waals surface area contributed by atoms with Gasteiger partial charge in [-0.3, -0.25) is 4.79 Å². The molecule has 0 heterocycles. The van der Waals surface area contributed by atoms with Crippen LogP contribution in [0.15, 0.2) is 60.7 Å². The fourth-order valence-corrected chi connectivity index (χ4v) is 4.36. The smallest absolute Gasteiger partial charge is 0.250 e. The molecule has 0 amide bonds. The summed E-state index contributed by atoms with van der Waals surface area (Å²) in [6.07, 6.45) is 0.836. The van der Waals surface area contributed by atoms with Crippen LogP contribution >= 0.6 is 0 Å². The summed E-state index contributed by atoms with van der Waals surface area (Å²) in [7, 11) is -1.91. The summed E-state index contributed by atoms with van der Waals surface area (Å²) in [5, 5.41) is 0.148. The normalized spacial score (nSPS) is 11.8. The van der Waals surface area contributed by atoms with Gasteiger partial charge in [0.15, 0.2) is 0 Å². The van der Waals surface area contributed by atoms with E-state index in [9.17, 15) is 4.79 Å². The number of hydrogen-bond acceptors (Lipinski definition) is 3. The first-order chi connectivity index (χ1) is 15.0. The topological polar surface area (TPSA) is 35.5 Å². The van der Waals surface area contributed by atoms with Crippen molar-refractivity contribution >= 4 is 14.6 Å². The third kappa shape index (κ3) is 5.31. The lowest BCUT2D eigenvalue weighted by Gasteiger charge is -2.36. The van der Waals surface area contributed by atoms with Crippen LogP contribution in [0.4, 0.5) is 0 Å². The minimum Gasteiger partial charge on any atom is -0.543 e. The number of benzene rings is 3. The second kappa shape index (κ2) is 9.33. The molecule has 0 unspecified atom stereocenters. The van der Waals surface area contributed by atoms with Gasteiger partial charge in [0.25, 0.3) is 0 Å². The zero-order valence-corrected chi connectivity index (χ0v) is 21.3. The molecule has 168 valence electrons. The Labute approximate surface area is 193 Å². The number of carbonyl (C=O) groups excluding carboxylic acids is 1. The highest BCUT2D eigenvalue weighted by molar-refractivity contribution is 6.74. The summed E-state index contributed by atoms with van der Waals surface area (Å²) >= 11 is 0. The fraction of sp³-hybridized carbons (Fsp3) is 0.321. The Hall–Kier alpha value is -2.85. The predicted molar refractivity (Wildman–Crippen MR) is 135 cm³/mol. The van der Waals surface area contributed by atoms with E-state index in [-0.39, 0.29) is 5.04 Å². The molecule has 3 aromatic rings. The zero-order valence-electron chi connectivity index (χ0n) is 20.3. The van der Waals surface area contributed by atoms with Gasteiger partial charge in [0.1, 0.15) is 24.4 Å². The number of aryl methyl sites for hydroxylation is 1. The molecule has 0 aromatic heterocycles. The highest BCUT2D eigenvalue weighted by Gasteiger charge is 2.39. The Morgan fingerprint density at radius 2 is 1.53 bits per heavy atom. The van der Waals surface area contributed by atoms with Gasteiger partial charge in [-0.15, -0.1) is 0 Å². The number of carbonyl (C=O) groups is 1. The molecule has 0 atom stereocenters. The summed E-state index contributed by atoms with van der Waals surface area (Å²) in [6.45, 7) is 16.1. The molecule has 0 radical (unpaired) electrons. The van der Waals surface area contributed by atoms with Crippen LogP contribution < -0.4 is 9.16 Å². The number of ether oxygens (including phenoxy) is 1. The average Bonchev–Trinajstić information content (AvgIpc) is 2.74. The highest BCUT2D eigenvalue weighted by Crippen LogP contribution is 2.39. The Bertz CT molecular complexity index is 1090. The van der Waals surface area contributed by atoms with Gasteiger partial charge in [-0.25, -0.2) is 0 Å². The first kappa shape index (κ1) is 23.8. The molecule has 32 heavy (non-hydrogen) atoms. The van der Waals surface area contributed by atoms with Crippen LogP contribution in [0.5, 0.6) is 11.5 Å². The lowest BCUT2D eigenvalue weighted by atomic mass is 9.93. The van der Waals surface area contributed by atoms with E-state index in [2.05, 4.69) is 84.1 Å². The van der Waals surface area contributed by atoms with Crippen molar-refractivity contribution in [3.63, 3.8) is 0 Å². The molecule has 0 fully saturated rings. The minimum absolute atomic E-state index is 0.148. The minimum atomic E-state index is -1.91. The lowest BCUT2D eigenvalue weighted by molar-refractivity contribution is 0.112. The molecule has 0 aliphatic carbocycles. The monoisotopic (exact) mass is 446 g/mol. The van der Waals surface area contributed by atoms with E-state index >= 15 is 0 Å². The second-order valence-electron chi connectivity index (χ2n) is 9.90. The van der Waals surface area contributed by atoms with Gasteiger partial charge in [-0.05, 0) is 96.2 Å². The molecule has 3 rings (SSSR count). The average molecular weight is 447 g/mol. The second-order valence-corrected chi connectivity index (χ2v) is 14.6. The third-order valence-corrected chi connectivity index (χ3v) is 10.9. The number of hydrogen-bond donors (Lipinski definition) is 0. The van der Waals surface area contributed by atoms with E-state index in [1.807, 2.05) is 12.1 Å². The van der Waals surface area contributed by atoms with Gasteiger partial charge in [-0.2, -0.15) is 0 Å². The maximum atomic E-state index is 10.8. The maximum absolute atomic E-state index is 10.8. The van der Waals surface area contributed by atoms with Crippen LogP contribution in [0.3, 0.4) is 0 Å². The molecule has 0 saturated heterocycles. The molecule has 0 saturated carbocycles. The van der Waals surface area contributed by atoms with Crippen LogP contribution in [-0.4, -0.2) is 14.6 Å². The molecule has 3 aromatic carbocycles. The lowest BCUT2D eigenvalue weighted by Crippen LogP contribution is -2.43. The summed E-state index contributed by atoms with van der Waals surface area (Å²) in [5.41, 5.74) is 6.59. The molecule has 0 aliphatic rings. The van der Waals surface area contributed by atoms with Crippen molar-refractivity contribution in [3.05, 3.63) is 82.9 Å². The number of aldehydes is 1. The Morgan fingerprint density at radius 1 is 0.875 bits per heavy atom. The van der Waals surface area contributed by atoms with Gasteiger partial charge in [0, 0.05) is 5.56 Å². The van der Waals surface area contributed by atoms with Crippen LogP contribution in [0, 0.1) is 13.8 Å². The van der Waals surface area contributed by atoms with Gasteiger partial charge >= 0.3 is 0 Å². The van der Waals surface area contributed by atoms with Crippen molar-refractivity contribution in [1.29, 1.82) is 0 Å². The van der Waals surface area contributed by atoms with Crippen molar-refractivity contribution in [2.75, 3.05) is 0 Å². The van der Waals surface area contributed by atoms with Crippen LogP contribution in [0.25, 0.3) is 11.1 Å². The van der Waals surface area contributed by atoms with E-state index in [0.717, 1.165) is 23.3 Å². The third-order valence-electron chi connectivity index (χ3n) is 6.53. The molecule has 0 bridgehead atoms. The standard InChI is InChI=1S/C28H34O3Si/c1-20-11-14-25(31-32(6,7)28(3,4)5)17-27(20)26-10-8-9-23(21(26)2)19-30-24-15-12-22(18-29)13-16-24/h8-18H,19H2,1-7H3. The largest absolute Gasteiger partial charge is 0.543 e. The summed E-state index contributed by atoms with van der Waals surface area (Å²) in [4.78, 5) is 10.8. The fourth-order valence-electron chi connectivity index (χ4n) is 3.34. The van der Waals surface area contributed by atoms with E-state index in [1.54, 1.807) is 12.1 Å². The van der Waals surface area contributed by atoms with Gasteiger partial charge in [0.2, 0.25) is 8.32 Å². The van der Waals surface area contributed by atoms with Gasteiger partial charge < -0.3 is 9.16 Å². The zero-order chi connectivity index (χ0) is 23.5. The molecule has 0 N–H and O–H groups in total. The first-order valence-electron chi connectivity index (χ1n) is 11.1. The highest BCUT2D eigenvalue weighted by atomic mass is 28.4. The predicted octanol–water partition coefficient (Wildman–Crippen LogP) is 7.75. The summed E-state index contributed by atoms with van der Waals surface area (Å²) < 4.78 is 12.6. The van der Waals surface area contributed by atoms with Crippen molar-refractivity contribution in [3.8, 4) is 22.6 Å². The van der Waals surface area contributed by atoms with Crippen molar-refractivity contribution in [2.45, 2.75) is 59.4 Å². The van der Waals surface area contributed by atoms with Gasteiger partial charge in [-0.1, -0.05) is 45.0 Å². The van der Waals surface area contributed by atoms with Gasteiger partial charge in [0.05, 0.1) is 0 Å². The van der Waals surface area contributed by atoms with Crippen molar-refractivity contribution in [1.82, 2.24) is 0 Å². The Morgan fingerprint density at radius 3 is 2.16 bits per heavy atom. The molecule has 0 spiro atoms. The van der Waals surface area contributed by atoms with Crippen molar-refractivity contribution in [2.24, 2.45) is 0 Å². The summed E-state index contributed by atoms with van der Waals surface area (Å²) in [5.74, 6) is 1.69. The SMILES string of the molecule is Cc1ccc(O[Si](C)(C)C(C)(C)C)cc1-c1cccc(COc2ccc(C=O)cc2)c1C. The molecule has 0 aliphatic heterocycles. The van der Waals surface area contributed by atoms with Crippen LogP contribution in [0.2, 0.25) is 18.1 Å². The van der Waals surface area contributed by atoms with Crippen LogP contribution in [-0.2, 0) is 6.61 Å². The Kier molecular flexibility index (Phi) is 6.94. The molecular formula is C28H34O3Si. The quantitative estimate of drug-likeness (QED) is 0.275.